The first-order chi connectivity index (χ1) is 8.55. The molecule has 5 nitrogen and oxygen atoms in total. The first kappa shape index (κ1) is 12.6. The molecule has 0 amide bonds. The van der Waals surface area contributed by atoms with Gasteiger partial charge in [-0.1, -0.05) is 6.92 Å². The number of pyridine rings is 1. The number of aromatic nitrogens is 4. The van der Waals surface area contributed by atoms with Crippen molar-refractivity contribution in [3.8, 4) is 0 Å². The Kier molecular flexibility index (Phi) is 3.38. The van der Waals surface area contributed by atoms with E-state index in [-0.39, 0.29) is 5.82 Å². The first-order valence-corrected chi connectivity index (χ1v) is 5.79. The number of halogens is 1. The molecule has 0 fully saturated rings. The highest BCUT2D eigenvalue weighted by Gasteiger charge is 2.29. The Hall–Kier alpha value is -1.82. The van der Waals surface area contributed by atoms with E-state index in [1.807, 2.05) is 14.0 Å². The van der Waals surface area contributed by atoms with E-state index in [4.69, 9.17) is 5.73 Å². The minimum atomic E-state index is -0.658. The third-order valence-corrected chi connectivity index (χ3v) is 3.15. The van der Waals surface area contributed by atoms with Crippen LogP contribution in [0.25, 0.3) is 0 Å². The summed E-state index contributed by atoms with van der Waals surface area (Å²) in [4.78, 5) is 8.24. The largest absolute Gasteiger partial charge is 0.320 e. The molecule has 0 saturated heterocycles. The summed E-state index contributed by atoms with van der Waals surface area (Å²) in [6.07, 6.45) is 3.86. The lowest BCUT2D eigenvalue weighted by molar-refractivity contribution is 0.394. The number of hydrogen-bond acceptors (Lipinski definition) is 4. The maximum atomic E-state index is 12.9. The molecule has 96 valence electrons. The van der Waals surface area contributed by atoms with E-state index in [9.17, 15) is 4.39 Å². The Labute approximate surface area is 105 Å². The van der Waals surface area contributed by atoms with Crippen LogP contribution in [0.4, 0.5) is 4.39 Å². The molecular weight excluding hydrogens is 233 g/mol. The second-order valence-corrected chi connectivity index (χ2v) is 4.35. The van der Waals surface area contributed by atoms with Gasteiger partial charge in [-0.3, -0.25) is 9.67 Å². The van der Waals surface area contributed by atoms with E-state index in [1.165, 1.54) is 18.6 Å². The van der Waals surface area contributed by atoms with Crippen LogP contribution >= 0.6 is 0 Å². The van der Waals surface area contributed by atoms with Crippen LogP contribution in [0, 0.1) is 5.82 Å². The molecule has 0 aromatic carbocycles. The normalized spacial score (nSPS) is 14.4. The topological polar surface area (TPSA) is 69.6 Å². The summed E-state index contributed by atoms with van der Waals surface area (Å²) in [5, 5.41) is 4.01. The quantitative estimate of drug-likeness (QED) is 0.882. The Morgan fingerprint density at radius 2 is 2.17 bits per heavy atom. The molecule has 0 bridgehead atoms. The van der Waals surface area contributed by atoms with Crippen molar-refractivity contribution in [2.24, 2.45) is 12.8 Å². The lowest BCUT2D eigenvalue weighted by atomic mass is 9.88. The van der Waals surface area contributed by atoms with Crippen molar-refractivity contribution in [3.05, 3.63) is 42.0 Å². The number of hydrogen-bond donors (Lipinski definition) is 1. The molecule has 2 rings (SSSR count). The molecule has 0 radical (unpaired) electrons. The minimum absolute atomic E-state index is 0.365. The number of nitrogens with zero attached hydrogens (tertiary/aromatic N) is 4. The maximum absolute atomic E-state index is 12.9. The van der Waals surface area contributed by atoms with E-state index in [0.29, 0.717) is 18.5 Å². The van der Waals surface area contributed by atoms with Crippen molar-refractivity contribution in [2.45, 2.75) is 25.3 Å². The van der Waals surface area contributed by atoms with Gasteiger partial charge in [-0.25, -0.2) is 9.37 Å². The maximum Gasteiger partial charge on any atom is 0.141 e. The van der Waals surface area contributed by atoms with Crippen molar-refractivity contribution in [1.29, 1.82) is 0 Å². The van der Waals surface area contributed by atoms with Crippen LogP contribution < -0.4 is 5.73 Å². The van der Waals surface area contributed by atoms with Crippen molar-refractivity contribution in [2.75, 3.05) is 0 Å². The number of nitrogens with two attached hydrogens (primary N) is 1. The van der Waals surface area contributed by atoms with Gasteiger partial charge in [-0.2, -0.15) is 5.10 Å². The first-order valence-electron chi connectivity index (χ1n) is 5.79. The molecular formula is C12H16FN5. The van der Waals surface area contributed by atoms with E-state index in [0.717, 1.165) is 5.82 Å². The van der Waals surface area contributed by atoms with E-state index in [1.54, 1.807) is 10.7 Å². The van der Waals surface area contributed by atoms with Crippen LogP contribution in [0.3, 0.4) is 0 Å². The molecule has 6 heteroatoms. The molecule has 1 unspecified atom stereocenters. The zero-order chi connectivity index (χ0) is 13.2. The fourth-order valence-corrected chi connectivity index (χ4v) is 1.83. The average Bonchev–Trinajstić information content (AvgIpc) is 2.75. The minimum Gasteiger partial charge on any atom is -0.320 e. The SMILES string of the molecule is CCC(N)(Cc1ncnn1C)c1ccc(F)cn1. The molecule has 1 atom stereocenters. The van der Waals surface area contributed by atoms with Gasteiger partial charge in [-0.05, 0) is 18.6 Å². The lowest BCUT2D eigenvalue weighted by Gasteiger charge is -2.27. The summed E-state index contributed by atoms with van der Waals surface area (Å²) >= 11 is 0. The highest BCUT2D eigenvalue weighted by molar-refractivity contribution is 5.17. The Bertz CT molecular complexity index is 522. The van der Waals surface area contributed by atoms with E-state index in [2.05, 4.69) is 15.1 Å². The lowest BCUT2D eigenvalue weighted by Crippen LogP contribution is -2.40. The average molecular weight is 249 g/mol. The molecule has 0 aliphatic heterocycles. The third-order valence-electron chi connectivity index (χ3n) is 3.15. The summed E-state index contributed by atoms with van der Waals surface area (Å²) in [5.41, 5.74) is 6.37. The fourth-order valence-electron chi connectivity index (χ4n) is 1.83. The Balaban J connectivity index is 2.30. The van der Waals surface area contributed by atoms with E-state index < -0.39 is 5.54 Å². The zero-order valence-electron chi connectivity index (χ0n) is 10.5. The number of aryl methyl sites for hydroxylation is 1. The standard InChI is InChI=1S/C12H16FN5/c1-3-12(14,6-11-16-8-17-18(11)2)10-5-4-9(13)7-15-10/h4-5,7-8H,3,6,14H2,1-2H3. The Morgan fingerprint density at radius 1 is 1.39 bits per heavy atom. The van der Waals surface area contributed by atoms with Gasteiger partial charge >= 0.3 is 0 Å². The highest BCUT2D eigenvalue weighted by Crippen LogP contribution is 2.24. The van der Waals surface area contributed by atoms with Crippen molar-refractivity contribution >= 4 is 0 Å². The van der Waals surface area contributed by atoms with Crippen molar-refractivity contribution in [3.63, 3.8) is 0 Å². The van der Waals surface area contributed by atoms with Crippen LogP contribution in [-0.2, 0) is 19.0 Å². The van der Waals surface area contributed by atoms with Gasteiger partial charge in [0.2, 0.25) is 0 Å². The van der Waals surface area contributed by atoms with Gasteiger partial charge in [0, 0.05) is 13.5 Å². The van der Waals surface area contributed by atoms with Crippen LogP contribution in [0.2, 0.25) is 0 Å². The summed E-state index contributed by atoms with van der Waals surface area (Å²) in [7, 11) is 1.82. The van der Waals surface area contributed by atoms with Gasteiger partial charge < -0.3 is 5.73 Å². The Morgan fingerprint density at radius 3 is 2.67 bits per heavy atom. The molecule has 2 N–H and O–H groups in total. The summed E-state index contributed by atoms with van der Waals surface area (Å²) in [6.45, 7) is 1.97. The van der Waals surface area contributed by atoms with Gasteiger partial charge in [0.25, 0.3) is 0 Å². The van der Waals surface area contributed by atoms with Crippen molar-refractivity contribution < 1.29 is 4.39 Å². The predicted octanol–water partition coefficient (Wildman–Crippen LogP) is 1.16. The van der Waals surface area contributed by atoms with Crippen LogP contribution in [-0.4, -0.2) is 19.7 Å². The van der Waals surface area contributed by atoms with Gasteiger partial charge in [0.15, 0.2) is 0 Å². The second-order valence-electron chi connectivity index (χ2n) is 4.35. The predicted molar refractivity (Wildman–Crippen MR) is 65.1 cm³/mol. The third kappa shape index (κ3) is 2.38. The van der Waals surface area contributed by atoms with Gasteiger partial charge in [0.1, 0.15) is 18.0 Å². The van der Waals surface area contributed by atoms with Gasteiger partial charge in [0.05, 0.1) is 17.4 Å². The molecule has 0 aliphatic carbocycles. The molecule has 0 aliphatic rings. The molecule has 2 heterocycles. The van der Waals surface area contributed by atoms with Gasteiger partial charge in [-0.15, -0.1) is 0 Å². The summed E-state index contributed by atoms with van der Waals surface area (Å²) in [6, 6.07) is 2.99. The van der Waals surface area contributed by atoms with Crippen LogP contribution in [0.5, 0.6) is 0 Å². The molecule has 2 aromatic heterocycles. The monoisotopic (exact) mass is 249 g/mol. The smallest absolute Gasteiger partial charge is 0.141 e. The van der Waals surface area contributed by atoms with Crippen molar-refractivity contribution in [1.82, 2.24) is 19.7 Å². The highest BCUT2D eigenvalue weighted by atomic mass is 19.1. The van der Waals surface area contributed by atoms with E-state index >= 15 is 0 Å². The van der Waals surface area contributed by atoms with Crippen LogP contribution in [0.1, 0.15) is 24.9 Å². The van der Waals surface area contributed by atoms with Crippen LogP contribution in [0.15, 0.2) is 24.7 Å². The summed E-state index contributed by atoms with van der Waals surface area (Å²) < 4.78 is 14.6. The molecule has 0 spiro atoms. The molecule has 2 aromatic rings. The second kappa shape index (κ2) is 4.81. The number of rotatable bonds is 4. The molecule has 0 saturated carbocycles. The summed E-state index contributed by atoms with van der Waals surface area (Å²) in [5.74, 6) is 0.418. The fraction of sp³-hybridized carbons (Fsp3) is 0.417. The molecule has 18 heavy (non-hydrogen) atoms. The zero-order valence-corrected chi connectivity index (χ0v) is 10.5.